The highest BCUT2D eigenvalue weighted by atomic mass is 35.5. The standard InChI is InChI=1S/C17H27ClN2O2S/c1-4-19-23(21,22)12-20-9-7-14(8-10-20)16-6-5-15(13(2)3)11-17(16)18/h5-6,11,13-14,19H,4,7-10,12H2,1-3H3. The maximum Gasteiger partial charge on any atom is 0.224 e. The van der Waals surface area contributed by atoms with E-state index in [-0.39, 0.29) is 5.88 Å². The van der Waals surface area contributed by atoms with Gasteiger partial charge in [-0.3, -0.25) is 4.90 Å². The van der Waals surface area contributed by atoms with Crippen molar-refractivity contribution in [3.8, 4) is 0 Å². The summed E-state index contributed by atoms with van der Waals surface area (Å²) in [5.74, 6) is 0.981. The average Bonchev–Trinajstić information content (AvgIpc) is 2.47. The largest absolute Gasteiger partial charge is 0.289 e. The molecule has 1 saturated heterocycles. The number of hydrogen-bond acceptors (Lipinski definition) is 3. The summed E-state index contributed by atoms with van der Waals surface area (Å²) in [7, 11) is -3.19. The predicted molar refractivity (Wildman–Crippen MR) is 96.6 cm³/mol. The van der Waals surface area contributed by atoms with Crippen LogP contribution in [0.4, 0.5) is 0 Å². The molecule has 0 spiro atoms. The average molecular weight is 359 g/mol. The maximum atomic E-state index is 11.8. The van der Waals surface area contributed by atoms with Gasteiger partial charge in [0.25, 0.3) is 0 Å². The van der Waals surface area contributed by atoms with Crippen LogP contribution in [0.1, 0.15) is 56.6 Å². The molecule has 1 heterocycles. The Morgan fingerprint density at radius 2 is 1.96 bits per heavy atom. The molecular formula is C17H27ClN2O2S. The number of benzene rings is 1. The second-order valence-corrected chi connectivity index (χ2v) is 8.75. The van der Waals surface area contributed by atoms with Gasteiger partial charge in [0, 0.05) is 11.6 Å². The zero-order chi connectivity index (χ0) is 17.0. The van der Waals surface area contributed by atoms with E-state index < -0.39 is 10.0 Å². The molecule has 0 unspecified atom stereocenters. The number of rotatable bonds is 6. The van der Waals surface area contributed by atoms with E-state index in [0.29, 0.717) is 18.4 Å². The van der Waals surface area contributed by atoms with Crippen molar-refractivity contribution in [1.29, 1.82) is 0 Å². The summed E-state index contributed by atoms with van der Waals surface area (Å²) >= 11 is 6.47. The zero-order valence-electron chi connectivity index (χ0n) is 14.2. The lowest BCUT2D eigenvalue weighted by Crippen LogP contribution is -2.40. The molecule has 4 nitrogen and oxygen atoms in total. The molecule has 23 heavy (non-hydrogen) atoms. The van der Waals surface area contributed by atoms with Crippen LogP contribution in [0.15, 0.2) is 18.2 Å². The summed E-state index contributed by atoms with van der Waals surface area (Å²) in [4.78, 5) is 2.00. The van der Waals surface area contributed by atoms with Crippen LogP contribution in [0.2, 0.25) is 5.02 Å². The van der Waals surface area contributed by atoms with Crippen LogP contribution in [0, 0.1) is 0 Å². The molecule has 6 heteroatoms. The topological polar surface area (TPSA) is 49.4 Å². The third-order valence-corrected chi connectivity index (χ3v) is 6.20. The van der Waals surface area contributed by atoms with Crippen LogP contribution in [-0.4, -0.2) is 38.8 Å². The van der Waals surface area contributed by atoms with Gasteiger partial charge >= 0.3 is 0 Å². The van der Waals surface area contributed by atoms with Gasteiger partial charge in [0.05, 0.1) is 0 Å². The molecule has 0 aromatic heterocycles. The van der Waals surface area contributed by atoms with Crippen molar-refractivity contribution >= 4 is 21.6 Å². The van der Waals surface area contributed by atoms with Gasteiger partial charge in [0.15, 0.2) is 0 Å². The number of sulfonamides is 1. The van der Waals surface area contributed by atoms with Crippen molar-refractivity contribution in [2.45, 2.75) is 45.4 Å². The van der Waals surface area contributed by atoms with E-state index in [1.807, 2.05) is 4.90 Å². The predicted octanol–water partition coefficient (Wildman–Crippen LogP) is 3.54. The van der Waals surface area contributed by atoms with Crippen molar-refractivity contribution in [2.75, 3.05) is 25.5 Å². The summed E-state index contributed by atoms with van der Waals surface area (Å²) in [5.41, 5.74) is 2.46. The quantitative estimate of drug-likeness (QED) is 0.846. The monoisotopic (exact) mass is 358 g/mol. The second kappa shape index (κ2) is 7.97. The van der Waals surface area contributed by atoms with Crippen LogP contribution in [0.5, 0.6) is 0 Å². The lowest BCUT2D eigenvalue weighted by atomic mass is 9.88. The first-order valence-corrected chi connectivity index (χ1v) is 10.3. The third kappa shape index (κ3) is 5.18. The molecule has 0 saturated carbocycles. The molecule has 1 aliphatic heterocycles. The first-order chi connectivity index (χ1) is 10.8. The van der Waals surface area contributed by atoms with Gasteiger partial charge in [-0.05, 0) is 55.0 Å². The third-order valence-electron chi connectivity index (χ3n) is 4.44. The fourth-order valence-corrected chi connectivity index (χ4v) is 4.73. The highest BCUT2D eigenvalue weighted by molar-refractivity contribution is 7.89. The van der Waals surface area contributed by atoms with Crippen LogP contribution in [0.25, 0.3) is 0 Å². The van der Waals surface area contributed by atoms with E-state index in [9.17, 15) is 8.42 Å². The Kier molecular flexibility index (Phi) is 6.48. The fourth-order valence-electron chi connectivity index (χ4n) is 3.11. The Morgan fingerprint density at radius 3 is 2.48 bits per heavy atom. The SMILES string of the molecule is CCNS(=O)(=O)CN1CCC(c2ccc(C(C)C)cc2Cl)CC1. The lowest BCUT2D eigenvalue weighted by Gasteiger charge is -2.32. The van der Waals surface area contributed by atoms with Crippen LogP contribution < -0.4 is 4.72 Å². The van der Waals surface area contributed by atoms with E-state index in [0.717, 1.165) is 31.0 Å². The molecular weight excluding hydrogens is 332 g/mol. The number of nitrogens with zero attached hydrogens (tertiary/aromatic N) is 1. The highest BCUT2D eigenvalue weighted by Gasteiger charge is 2.25. The molecule has 1 aromatic rings. The minimum atomic E-state index is -3.19. The Balaban J connectivity index is 1.97. The van der Waals surface area contributed by atoms with E-state index in [2.05, 4.69) is 36.8 Å². The van der Waals surface area contributed by atoms with Crippen molar-refractivity contribution in [2.24, 2.45) is 0 Å². The molecule has 130 valence electrons. The zero-order valence-corrected chi connectivity index (χ0v) is 15.8. The molecule has 1 N–H and O–H groups in total. The molecule has 0 radical (unpaired) electrons. The molecule has 0 atom stereocenters. The van der Waals surface area contributed by atoms with Gasteiger partial charge in [-0.1, -0.05) is 44.5 Å². The number of hydrogen-bond donors (Lipinski definition) is 1. The number of nitrogens with one attached hydrogen (secondary N) is 1. The van der Waals surface area contributed by atoms with Gasteiger partial charge in [0.1, 0.15) is 5.88 Å². The summed E-state index contributed by atoms with van der Waals surface area (Å²) in [6.45, 7) is 8.14. The van der Waals surface area contributed by atoms with E-state index in [1.54, 1.807) is 6.92 Å². The van der Waals surface area contributed by atoms with E-state index >= 15 is 0 Å². The molecule has 1 fully saturated rings. The van der Waals surface area contributed by atoms with E-state index in [4.69, 9.17) is 11.6 Å². The summed E-state index contributed by atoms with van der Waals surface area (Å²) in [5, 5.41) is 0.843. The van der Waals surface area contributed by atoms with Crippen LogP contribution >= 0.6 is 11.6 Å². The van der Waals surface area contributed by atoms with E-state index in [1.165, 1.54) is 11.1 Å². The molecule has 0 amide bonds. The molecule has 0 bridgehead atoms. The molecule has 0 aliphatic carbocycles. The van der Waals surface area contributed by atoms with Crippen molar-refractivity contribution in [3.63, 3.8) is 0 Å². The van der Waals surface area contributed by atoms with Crippen molar-refractivity contribution in [3.05, 3.63) is 34.3 Å². The Bertz CT molecular complexity index is 623. The minimum absolute atomic E-state index is 0.0909. The second-order valence-electron chi connectivity index (χ2n) is 6.57. The van der Waals surface area contributed by atoms with Gasteiger partial charge in [-0.25, -0.2) is 13.1 Å². The Labute approximate surface area is 145 Å². The van der Waals surface area contributed by atoms with Crippen molar-refractivity contribution in [1.82, 2.24) is 9.62 Å². The molecule has 1 aliphatic rings. The Hall–Kier alpha value is -0.620. The Morgan fingerprint density at radius 1 is 1.30 bits per heavy atom. The minimum Gasteiger partial charge on any atom is -0.289 e. The van der Waals surface area contributed by atoms with Gasteiger partial charge in [-0.15, -0.1) is 0 Å². The number of piperidine rings is 1. The summed E-state index contributed by atoms with van der Waals surface area (Å²) < 4.78 is 26.2. The van der Waals surface area contributed by atoms with Crippen molar-refractivity contribution < 1.29 is 8.42 Å². The smallest absolute Gasteiger partial charge is 0.224 e. The normalized spacial score (nSPS) is 17.8. The van der Waals surface area contributed by atoms with Crippen LogP contribution in [-0.2, 0) is 10.0 Å². The summed E-state index contributed by atoms with van der Waals surface area (Å²) in [6, 6.07) is 6.38. The molecule has 1 aromatic carbocycles. The fraction of sp³-hybridized carbons (Fsp3) is 0.647. The van der Waals surface area contributed by atoms with Gasteiger partial charge < -0.3 is 0 Å². The lowest BCUT2D eigenvalue weighted by molar-refractivity contribution is 0.240. The maximum absolute atomic E-state index is 11.8. The summed E-state index contributed by atoms with van der Waals surface area (Å²) in [6.07, 6.45) is 1.89. The van der Waals surface area contributed by atoms with Gasteiger partial charge in [-0.2, -0.15) is 0 Å². The molecule has 2 rings (SSSR count). The number of likely N-dealkylation sites (tertiary alicyclic amines) is 1. The first-order valence-electron chi connectivity index (χ1n) is 8.31. The van der Waals surface area contributed by atoms with Gasteiger partial charge in [0.2, 0.25) is 10.0 Å². The van der Waals surface area contributed by atoms with Crippen LogP contribution in [0.3, 0.4) is 0 Å². The highest BCUT2D eigenvalue weighted by Crippen LogP contribution is 2.34. The first kappa shape index (κ1) is 18.7. The number of halogens is 1.